The summed E-state index contributed by atoms with van der Waals surface area (Å²) in [7, 11) is 0. The van der Waals surface area contributed by atoms with Crippen molar-refractivity contribution >= 4 is 0 Å². The monoisotopic (exact) mass is 370 g/mol. The molecule has 0 aliphatic rings. The number of aryl methyl sites for hydroxylation is 1. The van der Waals surface area contributed by atoms with Gasteiger partial charge in [-0.3, -0.25) is 0 Å². The second-order valence-corrected chi connectivity index (χ2v) is 7.02. The lowest BCUT2D eigenvalue weighted by Gasteiger charge is -2.10. The minimum Gasteiger partial charge on any atom is -0.192 e. The lowest BCUT2D eigenvalue weighted by molar-refractivity contribution is 1.44. The van der Waals surface area contributed by atoms with Gasteiger partial charge in [-0.2, -0.15) is 10.5 Å². The van der Waals surface area contributed by atoms with Gasteiger partial charge in [0.1, 0.15) is 0 Å². The summed E-state index contributed by atoms with van der Waals surface area (Å²) in [6.07, 6.45) is 0. The molecule has 0 aliphatic carbocycles. The van der Waals surface area contributed by atoms with E-state index in [1.165, 1.54) is 16.7 Å². The summed E-state index contributed by atoms with van der Waals surface area (Å²) < 4.78 is 0. The highest BCUT2D eigenvalue weighted by atomic mass is 14.3. The molecule has 0 amide bonds. The molecule has 0 N–H and O–H groups in total. The smallest absolute Gasteiger partial charge is 0.0998 e. The van der Waals surface area contributed by atoms with Gasteiger partial charge in [0.05, 0.1) is 23.3 Å². The highest BCUT2D eigenvalue weighted by Gasteiger charge is 2.09. The maximum Gasteiger partial charge on any atom is 0.0998 e. The molecule has 136 valence electrons. The van der Waals surface area contributed by atoms with E-state index < -0.39 is 0 Å². The fourth-order valence-corrected chi connectivity index (χ4v) is 3.52. The van der Waals surface area contributed by atoms with Crippen molar-refractivity contribution in [2.24, 2.45) is 0 Å². The van der Waals surface area contributed by atoms with E-state index >= 15 is 0 Å². The molecule has 4 aromatic carbocycles. The lowest BCUT2D eigenvalue weighted by Crippen LogP contribution is -1.88. The van der Waals surface area contributed by atoms with E-state index in [1.807, 2.05) is 12.1 Å². The molecule has 2 nitrogen and oxygen atoms in total. The van der Waals surface area contributed by atoms with Crippen molar-refractivity contribution < 1.29 is 0 Å². The second-order valence-electron chi connectivity index (χ2n) is 7.02. The van der Waals surface area contributed by atoms with Crippen LogP contribution in [0.5, 0.6) is 0 Å². The van der Waals surface area contributed by atoms with E-state index in [4.69, 9.17) is 0 Å². The maximum atomic E-state index is 9.48. The number of rotatable bonds is 3. The van der Waals surface area contributed by atoms with E-state index in [9.17, 15) is 10.5 Å². The standard InChI is InChI=1S/C27H18N2/c1-19-5-2-6-21(13-19)22-7-3-8-23(15-22)24-9-4-10-25(16-24)27-14-20(17-28)11-12-26(27)18-29/h2-16H,1H3. The van der Waals surface area contributed by atoms with Crippen LogP contribution < -0.4 is 0 Å². The zero-order valence-electron chi connectivity index (χ0n) is 16.1. The molecule has 0 saturated carbocycles. The molecule has 0 aromatic heterocycles. The van der Waals surface area contributed by atoms with Gasteiger partial charge in [0.25, 0.3) is 0 Å². The first-order valence-corrected chi connectivity index (χ1v) is 9.40. The first-order chi connectivity index (χ1) is 14.2. The Balaban J connectivity index is 1.79. The Kier molecular flexibility index (Phi) is 4.93. The quantitative estimate of drug-likeness (QED) is 0.401. The average Bonchev–Trinajstić information content (AvgIpc) is 2.79. The average molecular weight is 370 g/mol. The van der Waals surface area contributed by atoms with Crippen molar-refractivity contribution in [3.8, 4) is 45.5 Å². The number of nitriles is 2. The first kappa shape index (κ1) is 18.2. The Bertz CT molecular complexity index is 1290. The number of hydrogen-bond donors (Lipinski definition) is 0. The zero-order chi connectivity index (χ0) is 20.2. The van der Waals surface area contributed by atoms with Crippen LogP contribution in [0, 0.1) is 29.6 Å². The summed E-state index contributed by atoms with van der Waals surface area (Å²) >= 11 is 0. The third kappa shape index (κ3) is 3.79. The van der Waals surface area contributed by atoms with Gasteiger partial charge in [-0.1, -0.05) is 66.2 Å². The van der Waals surface area contributed by atoms with Crippen molar-refractivity contribution in [2.75, 3.05) is 0 Å². The highest BCUT2D eigenvalue weighted by molar-refractivity contribution is 5.79. The third-order valence-corrected chi connectivity index (χ3v) is 4.99. The molecule has 0 bridgehead atoms. The molecule has 2 heteroatoms. The van der Waals surface area contributed by atoms with Crippen LogP contribution in [0.2, 0.25) is 0 Å². The molecule has 4 aromatic rings. The summed E-state index contributed by atoms with van der Waals surface area (Å²) in [4.78, 5) is 0. The highest BCUT2D eigenvalue weighted by Crippen LogP contribution is 2.31. The largest absolute Gasteiger partial charge is 0.192 e. The van der Waals surface area contributed by atoms with Gasteiger partial charge in [-0.05, 0) is 65.1 Å². The van der Waals surface area contributed by atoms with E-state index in [2.05, 4.69) is 79.7 Å². The minimum absolute atomic E-state index is 0.547. The van der Waals surface area contributed by atoms with Crippen LogP contribution in [0.25, 0.3) is 33.4 Å². The maximum absolute atomic E-state index is 9.48. The van der Waals surface area contributed by atoms with Crippen LogP contribution in [0.15, 0.2) is 91.0 Å². The molecule has 0 saturated heterocycles. The van der Waals surface area contributed by atoms with E-state index in [0.717, 1.165) is 22.3 Å². The molecule has 4 rings (SSSR count). The Morgan fingerprint density at radius 1 is 0.552 bits per heavy atom. The van der Waals surface area contributed by atoms with Crippen LogP contribution in [0.4, 0.5) is 0 Å². The number of nitrogens with zero attached hydrogens (tertiary/aromatic N) is 2. The molecule has 0 radical (unpaired) electrons. The summed E-state index contributed by atoms with van der Waals surface area (Å²) in [6.45, 7) is 2.10. The molecule has 0 unspecified atom stereocenters. The molecular formula is C27H18N2. The van der Waals surface area contributed by atoms with Crippen LogP contribution in [-0.2, 0) is 0 Å². The second kappa shape index (κ2) is 7.85. The molecule has 29 heavy (non-hydrogen) atoms. The molecule has 0 atom stereocenters. The van der Waals surface area contributed by atoms with Gasteiger partial charge < -0.3 is 0 Å². The van der Waals surface area contributed by atoms with Gasteiger partial charge in [-0.15, -0.1) is 0 Å². The summed E-state index contributed by atoms with van der Waals surface area (Å²) in [5.41, 5.74) is 8.60. The minimum atomic E-state index is 0.547. The zero-order valence-corrected chi connectivity index (χ0v) is 16.1. The SMILES string of the molecule is Cc1cccc(-c2cccc(-c3cccc(-c4cc(C#N)ccc4C#N)c3)c2)c1. The van der Waals surface area contributed by atoms with Crippen molar-refractivity contribution in [3.05, 3.63) is 108 Å². The van der Waals surface area contributed by atoms with Gasteiger partial charge >= 0.3 is 0 Å². The Morgan fingerprint density at radius 3 is 1.69 bits per heavy atom. The molecular weight excluding hydrogens is 352 g/mol. The van der Waals surface area contributed by atoms with Crippen molar-refractivity contribution in [1.82, 2.24) is 0 Å². The third-order valence-electron chi connectivity index (χ3n) is 4.99. The van der Waals surface area contributed by atoms with Crippen LogP contribution >= 0.6 is 0 Å². The fourth-order valence-electron chi connectivity index (χ4n) is 3.52. The van der Waals surface area contributed by atoms with Crippen molar-refractivity contribution in [3.63, 3.8) is 0 Å². The summed E-state index contributed by atoms with van der Waals surface area (Å²) in [6, 6.07) is 34.6. The summed E-state index contributed by atoms with van der Waals surface area (Å²) in [5.74, 6) is 0. The van der Waals surface area contributed by atoms with Gasteiger partial charge in [0, 0.05) is 5.56 Å². The van der Waals surface area contributed by atoms with Crippen LogP contribution in [0.3, 0.4) is 0 Å². The van der Waals surface area contributed by atoms with E-state index in [0.29, 0.717) is 11.1 Å². The first-order valence-electron chi connectivity index (χ1n) is 9.40. The topological polar surface area (TPSA) is 47.6 Å². The van der Waals surface area contributed by atoms with E-state index in [-0.39, 0.29) is 0 Å². The fraction of sp³-hybridized carbons (Fsp3) is 0.0370. The van der Waals surface area contributed by atoms with E-state index in [1.54, 1.807) is 18.2 Å². The Labute approximate surface area is 170 Å². The number of hydrogen-bond acceptors (Lipinski definition) is 2. The molecule has 0 fully saturated rings. The molecule has 0 spiro atoms. The normalized spacial score (nSPS) is 10.2. The van der Waals surface area contributed by atoms with Crippen LogP contribution in [-0.4, -0.2) is 0 Å². The van der Waals surface area contributed by atoms with Gasteiger partial charge in [-0.25, -0.2) is 0 Å². The summed E-state index contributed by atoms with van der Waals surface area (Å²) in [5, 5.41) is 18.7. The lowest BCUT2D eigenvalue weighted by atomic mass is 9.93. The van der Waals surface area contributed by atoms with Crippen molar-refractivity contribution in [1.29, 1.82) is 10.5 Å². The number of benzene rings is 4. The van der Waals surface area contributed by atoms with Crippen LogP contribution in [0.1, 0.15) is 16.7 Å². The molecule has 0 aliphatic heterocycles. The van der Waals surface area contributed by atoms with Gasteiger partial charge in [0.15, 0.2) is 0 Å². The predicted octanol–water partition coefficient (Wildman–Crippen LogP) is 6.74. The Hall–Kier alpha value is -4.14. The Morgan fingerprint density at radius 2 is 1.10 bits per heavy atom. The van der Waals surface area contributed by atoms with Gasteiger partial charge in [0.2, 0.25) is 0 Å². The predicted molar refractivity (Wildman–Crippen MR) is 117 cm³/mol. The molecule has 0 heterocycles. The van der Waals surface area contributed by atoms with Crippen molar-refractivity contribution in [2.45, 2.75) is 6.92 Å².